The van der Waals surface area contributed by atoms with Crippen LogP contribution in [0, 0.1) is 6.92 Å². The number of unbranched alkanes of at least 4 members (excludes halogenated alkanes) is 4. The molecule has 3 heteroatoms. The summed E-state index contributed by atoms with van der Waals surface area (Å²) >= 11 is 9.44. The van der Waals surface area contributed by atoms with E-state index < -0.39 is 0 Å². The lowest BCUT2D eigenvalue weighted by molar-refractivity contribution is 0.300. The maximum Gasteiger partial charge on any atom is 0.126 e. The lowest BCUT2D eigenvalue weighted by Gasteiger charge is -2.13. The standard InChI is InChI=1S/C15H22BrClO/c1-3-4-5-6-7-8-18-15-12(2)9-14(16)10-13(15)11-17/h9-10H,3-8,11H2,1-2H3. The van der Waals surface area contributed by atoms with Gasteiger partial charge in [-0.25, -0.2) is 0 Å². The molecule has 0 heterocycles. The second kappa shape index (κ2) is 8.82. The Bertz CT molecular complexity index is 366. The van der Waals surface area contributed by atoms with Gasteiger partial charge in [0.05, 0.1) is 12.5 Å². The Balaban J connectivity index is 2.46. The van der Waals surface area contributed by atoms with Crippen molar-refractivity contribution in [2.24, 2.45) is 0 Å². The van der Waals surface area contributed by atoms with E-state index in [4.69, 9.17) is 16.3 Å². The van der Waals surface area contributed by atoms with Gasteiger partial charge in [0.15, 0.2) is 0 Å². The first-order valence-electron chi connectivity index (χ1n) is 6.66. The Kier molecular flexibility index (Phi) is 7.76. The van der Waals surface area contributed by atoms with Crippen molar-refractivity contribution in [3.05, 3.63) is 27.7 Å². The van der Waals surface area contributed by atoms with Gasteiger partial charge in [-0.05, 0) is 31.0 Å². The SMILES string of the molecule is CCCCCCCOc1c(C)cc(Br)cc1CCl. The van der Waals surface area contributed by atoms with Crippen LogP contribution >= 0.6 is 27.5 Å². The highest BCUT2D eigenvalue weighted by Crippen LogP contribution is 2.29. The van der Waals surface area contributed by atoms with Crippen molar-refractivity contribution < 1.29 is 4.74 Å². The first-order chi connectivity index (χ1) is 8.69. The quantitative estimate of drug-likeness (QED) is 0.428. The van der Waals surface area contributed by atoms with E-state index in [-0.39, 0.29) is 0 Å². The second-order valence-corrected chi connectivity index (χ2v) is 5.79. The smallest absolute Gasteiger partial charge is 0.126 e. The second-order valence-electron chi connectivity index (χ2n) is 4.61. The van der Waals surface area contributed by atoms with Crippen LogP contribution in [0.5, 0.6) is 5.75 Å². The van der Waals surface area contributed by atoms with Crippen molar-refractivity contribution in [3.63, 3.8) is 0 Å². The van der Waals surface area contributed by atoms with E-state index >= 15 is 0 Å². The van der Waals surface area contributed by atoms with Crippen LogP contribution in [-0.2, 0) is 5.88 Å². The fourth-order valence-electron chi connectivity index (χ4n) is 1.98. The summed E-state index contributed by atoms with van der Waals surface area (Å²) in [4.78, 5) is 0. The van der Waals surface area contributed by atoms with Gasteiger partial charge in [0, 0.05) is 10.0 Å². The molecule has 0 radical (unpaired) electrons. The third-order valence-corrected chi connectivity index (χ3v) is 3.70. The summed E-state index contributed by atoms with van der Waals surface area (Å²) in [6.07, 6.45) is 6.28. The number of hydrogen-bond donors (Lipinski definition) is 0. The zero-order chi connectivity index (χ0) is 13.4. The molecular formula is C15H22BrClO. The van der Waals surface area contributed by atoms with Crippen molar-refractivity contribution in [1.82, 2.24) is 0 Å². The molecule has 0 amide bonds. The van der Waals surface area contributed by atoms with E-state index in [1.54, 1.807) is 0 Å². The molecule has 0 N–H and O–H groups in total. The molecule has 0 fully saturated rings. The van der Waals surface area contributed by atoms with Gasteiger partial charge in [0.25, 0.3) is 0 Å². The largest absolute Gasteiger partial charge is 0.493 e. The van der Waals surface area contributed by atoms with Gasteiger partial charge < -0.3 is 4.74 Å². The fraction of sp³-hybridized carbons (Fsp3) is 0.600. The highest BCUT2D eigenvalue weighted by molar-refractivity contribution is 9.10. The molecule has 1 nitrogen and oxygen atoms in total. The number of benzene rings is 1. The van der Waals surface area contributed by atoms with E-state index in [1.807, 2.05) is 6.07 Å². The van der Waals surface area contributed by atoms with Gasteiger partial charge in [-0.2, -0.15) is 0 Å². The molecule has 0 spiro atoms. The molecule has 102 valence electrons. The summed E-state index contributed by atoms with van der Waals surface area (Å²) in [6.45, 7) is 5.08. The molecule has 0 bridgehead atoms. The molecule has 0 aliphatic heterocycles. The molecule has 1 aromatic carbocycles. The monoisotopic (exact) mass is 332 g/mol. The van der Waals surface area contributed by atoms with Crippen molar-refractivity contribution >= 4 is 27.5 Å². The molecule has 0 saturated heterocycles. The normalized spacial score (nSPS) is 10.7. The molecule has 0 unspecified atom stereocenters. The number of halogens is 2. The van der Waals surface area contributed by atoms with Crippen molar-refractivity contribution in [1.29, 1.82) is 0 Å². The Labute approximate surface area is 124 Å². The molecule has 0 saturated carbocycles. The molecule has 0 aliphatic carbocycles. The van der Waals surface area contributed by atoms with Crippen LogP contribution in [0.4, 0.5) is 0 Å². The number of hydrogen-bond acceptors (Lipinski definition) is 1. The van der Waals surface area contributed by atoms with Crippen LogP contribution in [0.2, 0.25) is 0 Å². The average Bonchev–Trinajstić information content (AvgIpc) is 2.35. The summed E-state index contributed by atoms with van der Waals surface area (Å²) < 4.78 is 6.95. The maximum absolute atomic E-state index is 5.96. The minimum Gasteiger partial charge on any atom is -0.493 e. The van der Waals surface area contributed by atoms with Gasteiger partial charge in [-0.15, -0.1) is 11.6 Å². The van der Waals surface area contributed by atoms with E-state index in [0.29, 0.717) is 5.88 Å². The van der Waals surface area contributed by atoms with Crippen LogP contribution in [0.1, 0.15) is 50.2 Å². The summed E-state index contributed by atoms with van der Waals surface area (Å²) in [5, 5.41) is 0. The fourth-order valence-corrected chi connectivity index (χ4v) is 2.80. The van der Waals surface area contributed by atoms with Crippen LogP contribution in [0.15, 0.2) is 16.6 Å². The van der Waals surface area contributed by atoms with Crippen molar-refractivity contribution in [2.45, 2.75) is 51.8 Å². The summed E-state index contributed by atoms with van der Waals surface area (Å²) in [5.41, 5.74) is 2.21. The Morgan fingerprint density at radius 2 is 1.89 bits per heavy atom. The topological polar surface area (TPSA) is 9.23 Å². The van der Waals surface area contributed by atoms with Crippen LogP contribution in [0.25, 0.3) is 0 Å². The highest BCUT2D eigenvalue weighted by Gasteiger charge is 2.08. The number of rotatable bonds is 8. The molecule has 0 atom stereocenters. The van der Waals surface area contributed by atoms with Crippen molar-refractivity contribution in [3.8, 4) is 5.75 Å². The first-order valence-corrected chi connectivity index (χ1v) is 7.99. The summed E-state index contributed by atoms with van der Waals surface area (Å²) in [6, 6.07) is 4.11. The van der Waals surface area contributed by atoms with Gasteiger partial charge >= 0.3 is 0 Å². The first kappa shape index (κ1) is 15.8. The third-order valence-electron chi connectivity index (χ3n) is 2.95. The minimum absolute atomic E-state index is 0.492. The summed E-state index contributed by atoms with van der Waals surface area (Å²) in [5.74, 6) is 1.45. The van der Waals surface area contributed by atoms with E-state index in [9.17, 15) is 0 Å². The van der Waals surface area contributed by atoms with E-state index in [2.05, 4.69) is 35.8 Å². The van der Waals surface area contributed by atoms with E-state index in [0.717, 1.165) is 34.4 Å². The number of alkyl halides is 1. The summed E-state index contributed by atoms with van der Waals surface area (Å²) in [7, 11) is 0. The van der Waals surface area contributed by atoms with Crippen LogP contribution < -0.4 is 4.74 Å². The zero-order valence-electron chi connectivity index (χ0n) is 11.3. The molecule has 1 aromatic rings. The molecule has 0 aromatic heterocycles. The number of aryl methyl sites for hydroxylation is 1. The minimum atomic E-state index is 0.492. The average molecular weight is 334 g/mol. The van der Waals surface area contributed by atoms with Crippen LogP contribution in [-0.4, -0.2) is 6.61 Å². The van der Waals surface area contributed by atoms with Gasteiger partial charge in [0.1, 0.15) is 5.75 Å². The zero-order valence-corrected chi connectivity index (χ0v) is 13.6. The molecular weight excluding hydrogens is 312 g/mol. The molecule has 18 heavy (non-hydrogen) atoms. The predicted octanol–water partition coefficient (Wildman–Crippen LogP) is 5.85. The van der Waals surface area contributed by atoms with Gasteiger partial charge in [0.2, 0.25) is 0 Å². The lowest BCUT2D eigenvalue weighted by atomic mass is 10.1. The van der Waals surface area contributed by atoms with Gasteiger partial charge in [-0.3, -0.25) is 0 Å². The Morgan fingerprint density at radius 1 is 1.17 bits per heavy atom. The van der Waals surface area contributed by atoms with Crippen LogP contribution in [0.3, 0.4) is 0 Å². The molecule has 0 aliphatic rings. The van der Waals surface area contributed by atoms with Gasteiger partial charge in [-0.1, -0.05) is 48.5 Å². The number of ether oxygens (including phenoxy) is 1. The third kappa shape index (κ3) is 5.19. The molecule has 1 rings (SSSR count). The predicted molar refractivity (Wildman–Crippen MR) is 82.7 cm³/mol. The Morgan fingerprint density at radius 3 is 2.56 bits per heavy atom. The van der Waals surface area contributed by atoms with Crippen molar-refractivity contribution in [2.75, 3.05) is 6.61 Å². The Hall–Kier alpha value is -0.210. The van der Waals surface area contributed by atoms with E-state index in [1.165, 1.54) is 25.7 Å². The lowest BCUT2D eigenvalue weighted by Crippen LogP contribution is -2.01. The highest BCUT2D eigenvalue weighted by atomic mass is 79.9. The maximum atomic E-state index is 5.96.